The summed E-state index contributed by atoms with van der Waals surface area (Å²) in [7, 11) is 0. The predicted octanol–water partition coefficient (Wildman–Crippen LogP) is 3.23. The minimum absolute atomic E-state index is 0.0507. The van der Waals surface area contributed by atoms with Crippen molar-refractivity contribution in [3.63, 3.8) is 0 Å². The first-order valence-electron chi connectivity index (χ1n) is 13.9. The molecule has 6 heterocycles. The van der Waals surface area contributed by atoms with Crippen LogP contribution in [-0.4, -0.2) is 68.1 Å². The summed E-state index contributed by atoms with van der Waals surface area (Å²) in [5.74, 6) is 2.16. The molecule has 3 aromatic rings. The Hall–Kier alpha value is -3.37. The molecular weight excluding hydrogens is 480 g/mol. The van der Waals surface area contributed by atoms with Crippen molar-refractivity contribution in [3.8, 4) is 0 Å². The van der Waals surface area contributed by atoms with Gasteiger partial charge in [0.1, 0.15) is 11.3 Å². The molecule has 0 radical (unpaired) electrons. The lowest BCUT2D eigenvalue weighted by Crippen LogP contribution is -2.49. The van der Waals surface area contributed by atoms with Crippen molar-refractivity contribution >= 4 is 34.4 Å². The molecule has 3 N–H and O–H groups in total. The van der Waals surface area contributed by atoms with Gasteiger partial charge in [0.2, 0.25) is 11.9 Å². The molecule has 3 aliphatic rings. The van der Waals surface area contributed by atoms with Crippen LogP contribution in [0.2, 0.25) is 0 Å². The van der Waals surface area contributed by atoms with Crippen LogP contribution in [0.5, 0.6) is 0 Å². The monoisotopic (exact) mass is 516 g/mol. The fourth-order valence-corrected chi connectivity index (χ4v) is 5.71. The van der Waals surface area contributed by atoms with Gasteiger partial charge in [0.15, 0.2) is 5.82 Å². The van der Waals surface area contributed by atoms with Gasteiger partial charge in [-0.1, -0.05) is 12.5 Å². The molecule has 2 saturated heterocycles. The van der Waals surface area contributed by atoms with Crippen molar-refractivity contribution < 1.29 is 9.90 Å². The first-order valence-corrected chi connectivity index (χ1v) is 13.9. The summed E-state index contributed by atoms with van der Waals surface area (Å²) in [6.07, 6.45) is 8.50. The maximum atomic E-state index is 13.0. The van der Waals surface area contributed by atoms with Crippen molar-refractivity contribution in [2.75, 3.05) is 36.4 Å². The third-order valence-corrected chi connectivity index (χ3v) is 7.86. The Kier molecular flexibility index (Phi) is 7.08. The average molecular weight is 517 g/mol. The summed E-state index contributed by atoms with van der Waals surface area (Å²) in [5.41, 5.74) is 3.50. The maximum absolute atomic E-state index is 13.0. The van der Waals surface area contributed by atoms with E-state index in [4.69, 9.17) is 15.0 Å². The van der Waals surface area contributed by atoms with Crippen molar-refractivity contribution in [1.29, 1.82) is 0 Å². The second-order valence-corrected chi connectivity index (χ2v) is 10.7. The molecule has 1 unspecified atom stereocenters. The van der Waals surface area contributed by atoms with E-state index in [1.165, 1.54) is 6.42 Å². The lowest BCUT2D eigenvalue weighted by molar-refractivity contribution is -0.135. The number of pyridine rings is 2. The van der Waals surface area contributed by atoms with Gasteiger partial charge < -0.3 is 25.5 Å². The highest BCUT2D eigenvalue weighted by Gasteiger charge is 2.29. The number of nitrogens with one attached hydrogen (secondary N) is 2. The number of aliphatic hydroxyl groups is 1. The fraction of sp³-hybridized carbons (Fsp3) is 0.536. The van der Waals surface area contributed by atoms with E-state index in [1.54, 1.807) is 13.1 Å². The number of fused-ring (bicyclic) bond motifs is 2. The van der Waals surface area contributed by atoms with E-state index in [2.05, 4.69) is 26.6 Å². The largest absolute Gasteiger partial charge is 0.387 e. The number of hydrogen-bond donors (Lipinski definition) is 3. The van der Waals surface area contributed by atoms with Crippen LogP contribution in [0.25, 0.3) is 10.9 Å². The zero-order valence-corrected chi connectivity index (χ0v) is 22.0. The van der Waals surface area contributed by atoms with Gasteiger partial charge in [-0.2, -0.15) is 0 Å². The molecule has 2 fully saturated rings. The van der Waals surface area contributed by atoms with E-state index in [9.17, 15) is 9.90 Å². The van der Waals surface area contributed by atoms with E-state index < -0.39 is 6.10 Å². The number of amides is 1. The number of aromatic nitrogens is 4. The molecule has 10 nitrogen and oxygen atoms in total. The summed E-state index contributed by atoms with van der Waals surface area (Å²) in [6, 6.07) is 5.80. The van der Waals surface area contributed by atoms with Gasteiger partial charge in [-0.15, -0.1) is 0 Å². The highest BCUT2D eigenvalue weighted by Crippen LogP contribution is 2.30. The number of aliphatic hydroxyl groups excluding tert-OH is 1. The Morgan fingerprint density at radius 1 is 1.11 bits per heavy atom. The van der Waals surface area contributed by atoms with Gasteiger partial charge in [0.25, 0.3) is 0 Å². The highest BCUT2D eigenvalue weighted by molar-refractivity contribution is 5.89. The van der Waals surface area contributed by atoms with Crippen LogP contribution < -0.4 is 15.5 Å². The fourth-order valence-electron chi connectivity index (χ4n) is 5.71. The van der Waals surface area contributed by atoms with Crippen LogP contribution in [0.3, 0.4) is 0 Å². The Labute approximate surface area is 222 Å². The number of carbonyl (C=O) groups excluding carboxylic acids is 1. The molecule has 10 heteroatoms. The summed E-state index contributed by atoms with van der Waals surface area (Å²) < 4.78 is 0. The molecule has 200 valence electrons. The molecule has 6 rings (SSSR count). The van der Waals surface area contributed by atoms with E-state index in [0.717, 1.165) is 86.1 Å². The Morgan fingerprint density at radius 3 is 2.76 bits per heavy atom. The highest BCUT2D eigenvalue weighted by atomic mass is 16.3. The lowest BCUT2D eigenvalue weighted by Gasteiger charge is -2.33. The number of rotatable bonds is 5. The van der Waals surface area contributed by atoms with Gasteiger partial charge in [-0.05, 0) is 63.3 Å². The van der Waals surface area contributed by atoms with Gasteiger partial charge in [-0.3, -0.25) is 4.79 Å². The molecular formula is C28H36N8O2. The van der Waals surface area contributed by atoms with E-state index in [0.29, 0.717) is 30.5 Å². The topological polar surface area (TPSA) is 119 Å². The van der Waals surface area contributed by atoms with E-state index >= 15 is 0 Å². The van der Waals surface area contributed by atoms with E-state index in [1.807, 2.05) is 17.0 Å². The maximum Gasteiger partial charge on any atom is 0.240 e. The molecule has 3 aliphatic heterocycles. The van der Waals surface area contributed by atoms with Crippen LogP contribution in [0.15, 0.2) is 24.4 Å². The van der Waals surface area contributed by atoms with E-state index in [-0.39, 0.29) is 11.9 Å². The first kappa shape index (κ1) is 24.9. The average Bonchev–Trinajstić information content (AvgIpc) is 2.97. The smallest absolute Gasteiger partial charge is 0.240 e. The summed E-state index contributed by atoms with van der Waals surface area (Å²) in [6.45, 7) is 5.80. The molecule has 3 aromatic heterocycles. The van der Waals surface area contributed by atoms with Crippen molar-refractivity contribution in [2.24, 2.45) is 0 Å². The Bertz CT molecular complexity index is 1320. The predicted molar refractivity (Wildman–Crippen MR) is 146 cm³/mol. The number of nitrogens with zero attached hydrogens (tertiary/aromatic N) is 6. The van der Waals surface area contributed by atoms with Gasteiger partial charge >= 0.3 is 0 Å². The van der Waals surface area contributed by atoms with Crippen LogP contribution in [-0.2, 0) is 17.8 Å². The molecule has 2 atom stereocenters. The SMILES string of the molecule is CC(O)c1cc2cnc(Nc3ccc4c(n3)CCN(C(=O)[C@H]3CCCCN3)C4)nc2c(N2CCCCC2)n1. The van der Waals surface area contributed by atoms with Gasteiger partial charge in [0.05, 0.1) is 17.8 Å². The summed E-state index contributed by atoms with van der Waals surface area (Å²) in [5, 5.41) is 17.7. The quantitative estimate of drug-likeness (QED) is 0.469. The first-order chi connectivity index (χ1) is 18.5. The molecule has 0 aromatic carbocycles. The van der Waals surface area contributed by atoms with Gasteiger partial charge in [0, 0.05) is 49.9 Å². The van der Waals surface area contributed by atoms with Crippen molar-refractivity contribution in [1.82, 2.24) is 30.2 Å². The number of anilines is 3. The molecule has 0 aliphatic carbocycles. The van der Waals surface area contributed by atoms with Crippen molar-refractivity contribution in [2.45, 2.75) is 70.6 Å². The molecule has 38 heavy (non-hydrogen) atoms. The molecule has 1 amide bonds. The summed E-state index contributed by atoms with van der Waals surface area (Å²) >= 11 is 0. The van der Waals surface area contributed by atoms with Crippen LogP contribution in [0.4, 0.5) is 17.6 Å². The van der Waals surface area contributed by atoms with Crippen LogP contribution in [0, 0.1) is 0 Å². The van der Waals surface area contributed by atoms with Crippen LogP contribution in [0.1, 0.15) is 68.5 Å². The number of piperidine rings is 2. The minimum Gasteiger partial charge on any atom is -0.387 e. The molecule has 0 saturated carbocycles. The molecule has 0 spiro atoms. The zero-order chi connectivity index (χ0) is 26.1. The number of carbonyl (C=O) groups is 1. The third kappa shape index (κ3) is 5.15. The normalized spacial score (nSPS) is 20.7. The Morgan fingerprint density at radius 2 is 1.97 bits per heavy atom. The van der Waals surface area contributed by atoms with Gasteiger partial charge in [-0.25, -0.2) is 19.9 Å². The third-order valence-electron chi connectivity index (χ3n) is 7.86. The van der Waals surface area contributed by atoms with Crippen molar-refractivity contribution in [3.05, 3.63) is 41.3 Å². The summed E-state index contributed by atoms with van der Waals surface area (Å²) in [4.78, 5) is 36.2. The molecule has 0 bridgehead atoms. The zero-order valence-electron chi connectivity index (χ0n) is 22.0. The standard InChI is InChI=1S/C28H36N8O2/c1-18(37)23-15-20-16-30-28(34-25(20)26(32-23)35-12-5-2-6-13-35)33-24-9-8-19-17-36(14-10-21(19)31-24)27(38)22-7-3-4-11-29-22/h8-9,15-16,18,22,29,37H,2-7,10-14,17H2,1H3,(H,30,31,33,34)/t18?,22-/m1/s1. The Balaban J connectivity index is 1.22. The number of hydrogen-bond acceptors (Lipinski definition) is 9. The lowest BCUT2D eigenvalue weighted by atomic mass is 10.0. The second-order valence-electron chi connectivity index (χ2n) is 10.7. The van der Waals surface area contributed by atoms with Crippen LogP contribution >= 0.6 is 0 Å². The second kappa shape index (κ2) is 10.8. The minimum atomic E-state index is -0.661.